The standard InChI is InChI=1S/C19H19BrO4/c1-14(20)18(22)24-13-19(23-2,16-11-7-4-8-12-16)17(21)15-9-5-3-6-10-15/h3-12,14H,13H2,1-2H3. The molecule has 0 aliphatic heterocycles. The van der Waals surface area contributed by atoms with E-state index in [1.807, 2.05) is 24.3 Å². The minimum atomic E-state index is -1.39. The van der Waals surface area contributed by atoms with Crippen LogP contribution in [0.25, 0.3) is 0 Å². The third-order valence-electron chi connectivity index (χ3n) is 3.73. The first kappa shape index (κ1) is 18.4. The number of benzene rings is 2. The topological polar surface area (TPSA) is 52.6 Å². The van der Waals surface area contributed by atoms with E-state index in [4.69, 9.17) is 9.47 Å². The van der Waals surface area contributed by atoms with Gasteiger partial charge in [-0.2, -0.15) is 0 Å². The van der Waals surface area contributed by atoms with E-state index in [0.29, 0.717) is 11.1 Å². The van der Waals surface area contributed by atoms with Crippen molar-refractivity contribution in [2.24, 2.45) is 0 Å². The number of halogens is 1. The van der Waals surface area contributed by atoms with Gasteiger partial charge in [0.2, 0.25) is 5.78 Å². The molecule has 2 aromatic rings. The molecule has 0 bridgehead atoms. The molecule has 0 aromatic heterocycles. The Morgan fingerprint density at radius 2 is 1.58 bits per heavy atom. The molecule has 0 spiro atoms. The number of ketones is 1. The summed E-state index contributed by atoms with van der Waals surface area (Å²) in [6, 6.07) is 17.9. The first-order valence-corrected chi connectivity index (χ1v) is 8.44. The van der Waals surface area contributed by atoms with Gasteiger partial charge in [-0.25, -0.2) is 0 Å². The number of rotatable bonds is 7. The van der Waals surface area contributed by atoms with Crippen LogP contribution >= 0.6 is 15.9 Å². The molecule has 0 aliphatic carbocycles. The zero-order valence-corrected chi connectivity index (χ0v) is 15.2. The van der Waals surface area contributed by atoms with Crippen molar-refractivity contribution in [2.45, 2.75) is 17.4 Å². The van der Waals surface area contributed by atoms with Crippen molar-refractivity contribution in [1.29, 1.82) is 0 Å². The maximum atomic E-state index is 13.2. The fraction of sp³-hybridized carbons (Fsp3) is 0.263. The van der Waals surface area contributed by atoms with Crippen LogP contribution < -0.4 is 0 Å². The van der Waals surface area contributed by atoms with Gasteiger partial charge >= 0.3 is 5.97 Å². The SMILES string of the molecule is COC(COC(=O)C(C)Br)(C(=O)c1ccccc1)c1ccccc1. The molecule has 24 heavy (non-hydrogen) atoms. The van der Waals surface area contributed by atoms with Gasteiger partial charge in [-0.15, -0.1) is 0 Å². The lowest BCUT2D eigenvalue weighted by Gasteiger charge is -2.31. The van der Waals surface area contributed by atoms with Crippen LogP contribution in [0.1, 0.15) is 22.8 Å². The number of methoxy groups -OCH3 is 1. The van der Waals surface area contributed by atoms with E-state index in [2.05, 4.69) is 15.9 Å². The highest BCUT2D eigenvalue weighted by Crippen LogP contribution is 2.30. The molecule has 4 nitrogen and oxygen atoms in total. The quantitative estimate of drug-likeness (QED) is 0.410. The molecule has 5 heteroatoms. The van der Waals surface area contributed by atoms with E-state index in [-0.39, 0.29) is 12.4 Å². The minimum absolute atomic E-state index is 0.198. The summed E-state index contributed by atoms with van der Waals surface area (Å²) in [7, 11) is 1.44. The number of carbonyl (C=O) groups is 2. The van der Waals surface area contributed by atoms with Crippen LogP contribution in [-0.2, 0) is 19.9 Å². The normalized spacial score (nSPS) is 14.5. The molecule has 0 saturated heterocycles. The van der Waals surface area contributed by atoms with Gasteiger partial charge in [-0.05, 0) is 12.5 Å². The van der Waals surface area contributed by atoms with Gasteiger partial charge in [0.05, 0.1) is 0 Å². The lowest BCUT2D eigenvalue weighted by Crippen LogP contribution is -2.43. The average molecular weight is 391 g/mol. The van der Waals surface area contributed by atoms with E-state index in [1.165, 1.54) is 7.11 Å². The lowest BCUT2D eigenvalue weighted by atomic mass is 9.86. The smallest absolute Gasteiger partial charge is 0.319 e. The summed E-state index contributed by atoms with van der Waals surface area (Å²) >= 11 is 3.17. The number of alkyl halides is 1. The van der Waals surface area contributed by atoms with Crippen molar-refractivity contribution in [3.8, 4) is 0 Å². The molecule has 0 amide bonds. The lowest BCUT2D eigenvalue weighted by molar-refractivity contribution is -0.149. The van der Waals surface area contributed by atoms with Crippen molar-refractivity contribution in [3.05, 3.63) is 71.8 Å². The number of hydrogen-bond donors (Lipinski definition) is 0. The molecule has 0 aliphatic rings. The molecule has 0 N–H and O–H groups in total. The average Bonchev–Trinajstić information content (AvgIpc) is 2.63. The highest BCUT2D eigenvalue weighted by atomic mass is 79.9. The minimum Gasteiger partial charge on any atom is -0.461 e. The number of carbonyl (C=O) groups excluding carboxylic acids is 2. The third kappa shape index (κ3) is 3.91. The number of hydrogen-bond acceptors (Lipinski definition) is 4. The van der Waals surface area contributed by atoms with E-state index in [9.17, 15) is 9.59 Å². The third-order valence-corrected chi connectivity index (χ3v) is 4.11. The summed E-state index contributed by atoms with van der Waals surface area (Å²) in [4.78, 5) is 24.5. The Hall–Kier alpha value is -1.98. The highest BCUT2D eigenvalue weighted by molar-refractivity contribution is 9.10. The molecule has 2 atom stereocenters. The van der Waals surface area contributed by atoms with Gasteiger partial charge in [0.1, 0.15) is 11.4 Å². The number of Topliss-reactive ketones (excluding diaryl/α,β-unsaturated/α-hetero) is 1. The molecule has 0 fully saturated rings. The first-order valence-electron chi connectivity index (χ1n) is 7.52. The van der Waals surface area contributed by atoms with Crippen LogP contribution in [0.4, 0.5) is 0 Å². The molecular weight excluding hydrogens is 372 g/mol. The van der Waals surface area contributed by atoms with Crippen LogP contribution in [0, 0.1) is 0 Å². The largest absolute Gasteiger partial charge is 0.461 e. The van der Waals surface area contributed by atoms with Crippen LogP contribution in [0.2, 0.25) is 0 Å². The zero-order valence-electron chi connectivity index (χ0n) is 13.6. The molecular formula is C19H19BrO4. The van der Waals surface area contributed by atoms with Gasteiger partial charge in [0.25, 0.3) is 0 Å². The van der Waals surface area contributed by atoms with Gasteiger partial charge in [0, 0.05) is 12.7 Å². The second-order valence-corrected chi connectivity index (χ2v) is 6.69. The van der Waals surface area contributed by atoms with Gasteiger partial charge in [0.15, 0.2) is 5.60 Å². The molecule has 2 aromatic carbocycles. The van der Waals surface area contributed by atoms with E-state index in [0.717, 1.165) is 0 Å². The van der Waals surface area contributed by atoms with Gasteiger partial charge in [-0.1, -0.05) is 76.6 Å². The molecule has 0 heterocycles. The Kier molecular flexibility index (Phi) is 6.29. The van der Waals surface area contributed by atoms with Gasteiger partial charge in [-0.3, -0.25) is 9.59 Å². The van der Waals surface area contributed by atoms with Crippen LogP contribution in [-0.4, -0.2) is 30.3 Å². The van der Waals surface area contributed by atoms with Crippen LogP contribution in [0.15, 0.2) is 60.7 Å². The fourth-order valence-electron chi connectivity index (χ4n) is 2.37. The Bertz CT molecular complexity index is 685. The van der Waals surface area contributed by atoms with E-state index < -0.39 is 16.4 Å². The second-order valence-electron chi connectivity index (χ2n) is 5.32. The molecule has 0 radical (unpaired) electrons. The summed E-state index contributed by atoms with van der Waals surface area (Å²) in [5, 5.41) is 0. The Morgan fingerprint density at radius 1 is 1.04 bits per heavy atom. The van der Waals surface area contributed by atoms with Crippen molar-refractivity contribution in [1.82, 2.24) is 0 Å². The predicted molar refractivity (Wildman–Crippen MR) is 95.2 cm³/mol. The molecule has 2 unspecified atom stereocenters. The molecule has 0 saturated carbocycles. The second kappa shape index (κ2) is 8.22. The summed E-state index contributed by atoms with van der Waals surface area (Å²) in [6.07, 6.45) is 0. The maximum absolute atomic E-state index is 13.2. The fourth-order valence-corrected chi connectivity index (χ4v) is 2.50. The van der Waals surface area contributed by atoms with E-state index in [1.54, 1.807) is 43.3 Å². The van der Waals surface area contributed by atoms with Gasteiger partial charge < -0.3 is 9.47 Å². The number of ether oxygens (including phenoxy) is 2. The van der Waals surface area contributed by atoms with Crippen LogP contribution in [0.5, 0.6) is 0 Å². The first-order chi connectivity index (χ1) is 11.5. The van der Waals surface area contributed by atoms with E-state index >= 15 is 0 Å². The molecule has 2 rings (SSSR count). The highest BCUT2D eigenvalue weighted by Gasteiger charge is 2.42. The van der Waals surface area contributed by atoms with Crippen molar-refractivity contribution < 1.29 is 19.1 Å². The monoisotopic (exact) mass is 390 g/mol. The molecule has 126 valence electrons. The zero-order chi connectivity index (χ0) is 17.6. The number of esters is 1. The Labute approximate surface area is 149 Å². The summed E-state index contributed by atoms with van der Waals surface area (Å²) in [5.74, 6) is -0.708. The predicted octanol–water partition coefficient (Wildman–Crippen LogP) is 3.74. The summed E-state index contributed by atoms with van der Waals surface area (Å²) < 4.78 is 11.0. The van der Waals surface area contributed by atoms with Crippen LogP contribution in [0.3, 0.4) is 0 Å². The maximum Gasteiger partial charge on any atom is 0.319 e. The summed E-state index contributed by atoms with van der Waals surface area (Å²) in [6.45, 7) is 1.47. The van der Waals surface area contributed by atoms with Crippen molar-refractivity contribution in [3.63, 3.8) is 0 Å². The van der Waals surface area contributed by atoms with Crippen molar-refractivity contribution in [2.75, 3.05) is 13.7 Å². The Morgan fingerprint density at radius 3 is 2.08 bits per heavy atom. The van der Waals surface area contributed by atoms with Crippen molar-refractivity contribution >= 4 is 27.7 Å². The Balaban J connectivity index is 2.43. The summed E-state index contributed by atoms with van der Waals surface area (Å²) in [5.41, 5.74) is -0.261.